The van der Waals surface area contributed by atoms with E-state index in [4.69, 9.17) is 11.6 Å². The molecule has 0 aliphatic heterocycles. The predicted molar refractivity (Wildman–Crippen MR) is 63.0 cm³/mol. The maximum Gasteiger partial charge on any atom is 0.224 e. The van der Waals surface area contributed by atoms with Crippen molar-refractivity contribution in [3.63, 3.8) is 0 Å². The molecule has 0 aliphatic rings. The highest BCUT2D eigenvalue weighted by molar-refractivity contribution is 6.17. The van der Waals surface area contributed by atoms with E-state index in [1.54, 1.807) is 0 Å². The van der Waals surface area contributed by atoms with E-state index in [9.17, 15) is 13.6 Å². The van der Waals surface area contributed by atoms with Crippen molar-refractivity contribution >= 4 is 17.5 Å². The summed E-state index contributed by atoms with van der Waals surface area (Å²) >= 11 is 5.48. The first kappa shape index (κ1) is 13.9. The first-order valence-corrected chi connectivity index (χ1v) is 5.94. The molecule has 0 heterocycles. The summed E-state index contributed by atoms with van der Waals surface area (Å²) in [5.41, 5.74) is -0.192. The number of hydrogen-bond acceptors (Lipinski definition) is 1. The number of benzene rings is 1. The van der Waals surface area contributed by atoms with Crippen molar-refractivity contribution in [3.05, 3.63) is 35.4 Å². The fraction of sp³-hybridized carbons (Fsp3) is 0.417. The van der Waals surface area contributed by atoms with Gasteiger partial charge in [0.2, 0.25) is 5.91 Å². The van der Waals surface area contributed by atoms with Gasteiger partial charge in [0, 0.05) is 18.0 Å². The molecule has 0 spiro atoms. The van der Waals surface area contributed by atoms with Crippen LogP contribution in [0.2, 0.25) is 0 Å². The molecule has 1 aromatic carbocycles. The van der Waals surface area contributed by atoms with Crippen molar-refractivity contribution in [2.75, 3.05) is 12.4 Å². The zero-order valence-electron chi connectivity index (χ0n) is 9.31. The Kier molecular flexibility index (Phi) is 5.91. The molecule has 0 bridgehead atoms. The standard InChI is InChI=1S/C12H14ClF2NO/c13-6-1-2-7-16-12(17)8-9-10(14)4-3-5-11(9)15/h3-5H,1-2,6-8H2,(H,16,17). The monoisotopic (exact) mass is 261 g/mol. The van der Waals surface area contributed by atoms with E-state index in [1.165, 1.54) is 6.07 Å². The number of alkyl halides is 1. The Bertz CT molecular complexity index is 365. The first-order chi connectivity index (χ1) is 8.15. The molecule has 1 aromatic rings. The average molecular weight is 262 g/mol. The minimum atomic E-state index is -0.694. The third kappa shape index (κ3) is 4.69. The minimum Gasteiger partial charge on any atom is -0.356 e. The van der Waals surface area contributed by atoms with E-state index in [0.717, 1.165) is 25.0 Å². The molecule has 94 valence electrons. The van der Waals surface area contributed by atoms with E-state index in [0.29, 0.717) is 12.4 Å². The summed E-state index contributed by atoms with van der Waals surface area (Å²) in [4.78, 5) is 11.4. The second kappa shape index (κ2) is 7.22. The molecule has 0 saturated heterocycles. The van der Waals surface area contributed by atoms with Gasteiger partial charge in [0.1, 0.15) is 11.6 Å². The number of rotatable bonds is 6. The molecule has 0 saturated carbocycles. The Labute approximate surface area is 104 Å². The molecule has 0 fully saturated rings. The number of nitrogens with one attached hydrogen (secondary N) is 1. The van der Waals surface area contributed by atoms with E-state index in [-0.39, 0.29) is 17.9 Å². The van der Waals surface area contributed by atoms with Crippen LogP contribution in [0.25, 0.3) is 0 Å². The van der Waals surface area contributed by atoms with Crippen LogP contribution in [0.15, 0.2) is 18.2 Å². The Morgan fingerprint density at radius 3 is 2.47 bits per heavy atom. The van der Waals surface area contributed by atoms with Gasteiger partial charge >= 0.3 is 0 Å². The fourth-order valence-electron chi connectivity index (χ4n) is 1.37. The molecule has 1 amide bonds. The van der Waals surface area contributed by atoms with Gasteiger partial charge in [0.15, 0.2) is 0 Å². The van der Waals surface area contributed by atoms with Gasteiger partial charge in [0.05, 0.1) is 6.42 Å². The van der Waals surface area contributed by atoms with Crippen LogP contribution in [-0.2, 0) is 11.2 Å². The molecule has 0 aliphatic carbocycles. The third-order valence-electron chi connectivity index (χ3n) is 2.28. The first-order valence-electron chi connectivity index (χ1n) is 5.40. The highest BCUT2D eigenvalue weighted by atomic mass is 35.5. The molecule has 1 rings (SSSR count). The zero-order chi connectivity index (χ0) is 12.7. The molecule has 1 N–H and O–H groups in total. The Hall–Kier alpha value is -1.16. The molecule has 0 radical (unpaired) electrons. The lowest BCUT2D eigenvalue weighted by Gasteiger charge is -2.06. The summed E-state index contributed by atoms with van der Waals surface area (Å²) in [7, 11) is 0. The lowest BCUT2D eigenvalue weighted by molar-refractivity contribution is -0.120. The van der Waals surface area contributed by atoms with Gasteiger partial charge in [-0.05, 0) is 25.0 Å². The van der Waals surface area contributed by atoms with Crippen LogP contribution < -0.4 is 5.32 Å². The molecular formula is C12H14ClF2NO. The Morgan fingerprint density at radius 2 is 1.88 bits per heavy atom. The van der Waals surface area contributed by atoms with Gasteiger partial charge in [0.25, 0.3) is 0 Å². The summed E-state index contributed by atoms with van der Waals surface area (Å²) < 4.78 is 26.4. The van der Waals surface area contributed by atoms with Gasteiger partial charge < -0.3 is 5.32 Å². The lowest BCUT2D eigenvalue weighted by Crippen LogP contribution is -2.26. The molecule has 17 heavy (non-hydrogen) atoms. The molecule has 0 unspecified atom stereocenters. The normalized spacial score (nSPS) is 10.3. The van der Waals surface area contributed by atoms with Gasteiger partial charge in [-0.15, -0.1) is 11.6 Å². The summed E-state index contributed by atoms with van der Waals surface area (Å²) in [5.74, 6) is -1.23. The van der Waals surface area contributed by atoms with E-state index >= 15 is 0 Å². The summed E-state index contributed by atoms with van der Waals surface area (Å²) in [6, 6.07) is 3.55. The number of amides is 1. The van der Waals surface area contributed by atoms with E-state index in [1.807, 2.05) is 0 Å². The largest absolute Gasteiger partial charge is 0.356 e. The van der Waals surface area contributed by atoms with Crippen LogP contribution in [-0.4, -0.2) is 18.3 Å². The zero-order valence-corrected chi connectivity index (χ0v) is 10.1. The lowest BCUT2D eigenvalue weighted by atomic mass is 10.1. The SMILES string of the molecule is O=C(Cc1c(F)cccc1F)NCCCCCl. The maximum absolute atomic E-state index is 13.2. The quantitative estimate of drug-likeness (QED) is 0.619. The number of hydrogen-bond donors (Lipinski definition) is 1. The third-order valence-corrected chi connectivity index (χ3v) is 2.55. The Morgan fingerprint density at radius 1 is 1.24 bits per heavy atom. The molecule has 2 nitrogen and oxygen atoms in total. The van der Waals surface area contributed by atoms with E-state index in [2.05, 4.69) is 5.32 Å². The van der Waals surface area contributed by atoms with E-state index < -0.39 is 11.6 Å². The fourth-order valence-corrected chi connectivity index (χ4v) is 1.56. The van der Waals surface area contributed by atoms with Crippen molar-refractivity contribution in [2.45, 2.75) is 19.3 Å². The number of halogens is 3. The van der Waals surface area contributed by atoms with Gasteiger partial charge in [-0.3, -0.25) is 4.79 Å². The minimum absolute atomic E-state index is 0.192. The molecule has 0 aromatic heterocycles. The topological polar surface area (TPSA) is 29.1 Å². The maximum atomic E-state index is 13.2. The number of unbranched alkanes of at least 4 members (excludes halogenated alkanes) is 1. The molecule has 0 atom stereocenters. The highest BCUT2D eigenvalue weighted by Gasteiger charge is 2.12. The van der Waals surface area contributed by atoms with Gasteiger partial charge in [-0.25, -0.2) is 8.78 Å². The number of carbonyl (C=O) groups is 1. The number of carbonyl (C=O) groups excluding carboxylic acids is 1. The van der Waals surface area contributed by atoms with Crippen LogP contribution in [0, 0.1) is 11.6 Å². The Balaban J connectivity index is 2.45. The van der Waals surface area contributed by atoms with Crippen molar-refractivity contribution in [2.24, 2.45) is 0 Å². The second-order valence-electron chi connectivity index (χ2n) is 3.62. The second-order valence-corrected chi connectivity index (χ2v) is 4.00. The smallest absolute Gasteiger partial charge is 0.224 e. The molecular weight excluding hydrogens is 248 g/mol. The van der Waals surface area contributed by atoms with Crippen LogP contribution in [0.3, 0.4) is 0 Å². The summed E-state index contributed by atoms with van der Waals surface area (Å²) in [6.45, 7) is 0.474. The van der Waals surface area contributed by atoms with Crippen molar-refractivity contribution in [3.8, 4) is 0 Å². The van der Waals surface area contributed by atoms with Crippen LogP contribution in [0.4, 0.5) is 8.78 Å². The van der Waals surface area contributed by atoms with Crippen LogP contribution in [0.5, 0.6) is 0 Å². The molecule has 5 heteroatoms. The van der Waals surface area contributed by atoms with Gasteiger partial charge in [-0.1, -0.05) is 6.07 Å². The van der Waals surface area contributed by atoms with Crippen LogP contribution >= 0.6 is 11.6 Å². The van der Waals surface area contributed by atoms with Crippen molar-refractivity contribution in [1.29, 1.82) is 0 Å². The van der Waals surface area contributed by atoms with Gasteiger partial charge in [-0.2, -0.15) is 0 Å². The van der Waals surface area contributed by atoms with Crippen molar-refractivity contribution in [1.82, 2.24) is 5.32 Å². The highest BCUT2D eigenvalue weighted by Crippen LogP contribution is 2.12. The predicted octanol–water partition coefficient (Wildman–Crippen LogP) is 2.64. The van der Waals surface area contributed by atoms with Crippen LogP contribution in [0.1, 0.15) is 18.4 Å². The summed E-state index contributed by atoms with van der Waals surface area (Å²) in [6.07, 6.45) is 1.28. The summed E-state index contributed by atoms with van der Waals surface area (Å²) in [5, 5.41) is 2.59. The van der Waals surface area contributed by atoms with Crippen molar-refractivity contribution < 1.29 is 13.6 Å². The average Bonchev–Trinajstić information content (AvgIpc) is 2.30.